The highest BCUT2D eigenvalue weighted by atomic mass is 32.1. The van der Waals surface area contributed by atoms with Crippen LogP contribution in [0.1, 0.15) is 37.1 Å². The topological polar surface area (TPSA) is 109 Å². The van der Waals surface area contributed by atoms with Crippen LogP contribution in [0.2, 0.25) is 0 Å². The molecule has 11 heteroatoms. The number of non-ortho nitro benzene ring substituents is 1. The molecule has 0 unspecified atom stereocenters. The molecule has 0 saturated carbocycles. The second kappa shape index (κ2) is 16.7. The molecule has 0 aliphatic rings. The largest absolute Gasteiger partial charge is 0.377 e. The van der Waals surface area contributed by atoms with Crippen LogP contribution >= 0.6 is 12.2 Å². The molecule has 53 heavy (non-hydrogen) atoms. The molecule has 0 aliphatic heterocycles. The molecule has 1 amide bonds. The first-order chi connectivity index (χ1) is 25.6. The van der Waals surface area contributed by atoms with Gasteiger partial charge in [0.15, 0.2) is 5.11 Å². The highest BCUT2D eigenvalue weighted by molar-refractivity contribution is 7.80. The molecule has 6 aromatic rings. The van der Waals surface area contributed by atoms with Gasteiger partial charge in [0, 0.05) is 85.9 Å². The van der Waals surface area contributed by atoms with E-state index in [4.69, 9.17) is 12.2 Å². The summed E-state index contributed by atoms with van der Waals surface area (Å²) in [5, 5.41) is 23.1. The second-order valence-electron chi connectivity index (χ2n) is 13.7. The van der Waals surface area contributed by atoms with E-state index < -0.39 is 4.92 Å². The average molecular weight is 728 g/mol. The zero-order valence-electron chi connectivity index (χ0n) is 30.5. The zero-order valence-corrected chi connectivity index (χ0v) is 31.3. The summed E-state index contributed by atoms with van der Waals surface area (Å²) in [6.45, 7) is 5.77. The normalized spacial score (nSPS) is 12.3. The van der Waals surface area contributed by atoms with E-state index in [1.807, 2.05) is 36.9 Å². The van der Waals surface area contributed by atoms with Gasteiger partial charge in [-0.25, -0.2) is 4.98 Å². The first-order valence-electron chi connectivity index (χ1n) is 17.8. The molecule has 2 N–H and O–H groups in total. The van der Waals surface area contributed by atoms with E-state index >= 15 is 0 Å². The Kier molecular flexibility index (Phi) is 11.6. The Morgan fingerprint density at radius 1 is 0.925 bits per heavy atom. The Labute approximate surface area is 315 Å². The Hall–Kier alpha value is -5.81. The Balaban J connectivity index is 1.25. The quantitative estimate of drug-likeness (QED) is 0.0657. The molecule has 1 heterocycles. The smallest absolute Gasteiger partial charge is 0.269 e. The number of carbonyl (C=O) groups is 1. The summed E-state index contributed by atoms with van der Waals surface area (Å²) in [5.74, 6) is 0.0389. The van der Waals surface area contributed by atoms with Crippen molar-refractivity contribution >= 4 is 61.8 Å². The molecule has 2 atom stereocenters. The summed E-state index contributed by atoms with van der Waals surface area (Å²) >= 11 is 6.22. The second-order valence-corrected chi connectivity index (χ2v) is 14.1. The first kappa shape index (κ1) is 37.0. The number of hydrogen-bond acceptors (Lipinski definition) is 6. The third-order valence-electron chi connectivity index (χ3n) is 9.89. The summed E-state index contributed by atoms with van der Waals surface area (Å²) in [6.07, 6.45) is 4.38. The Morgan fingerprint density at radius 2 is 1.62 bits per heavy atom. The number of amides is 1. The minimum atomic E-state index is -0.416. The van der Waals surface area contributed by atoms with Gasteiger partial charge in [0.05, 0.1) is 17.7 Å². The lowest BCUT2D eigenvalue weighted by Crippen LogP contribution is -2.50. The standard InChI is InChI=1S/C42H45N7O3S/c1-5-29(2)39(44-41(50)23-34-24-43-28-48(34)25-30-17-19-33(20-18-30)49(51)52)27-47(26-32-13-10-12-31-11-6-7-14-35(31)32)42(53)45-38-21-22-40(46(3)4)37-16-9-8-15-36(37)38/h6-22,24,28-29,39H,5,23,25-27H2,1-4H3,(H,44,50)(H,45,53)/t29-,39+/m0/s1. The van der Waals surface area contributed by atoms with Crippen molar-refractivity contribution in [2.75, 3.05) is 30.9 Å². The molecule has 0 radical (unpaired) electrons. The maximum atomic E-state index is 13.8. The van der Waals surface area contributed by atoms with Gasteiger partial charge < -0.3 is 25.0 Å². The van der Waals surface area contributed by atoms with Gasteiger partial charge in [-0.15, -0.1) is 0 Å². The third kappa shape index (κ3) is 8.81. The van der Waals surface area contributed by atoms with Crippen molar-refractivity contribution in [3.63, 3.8) is 0 Å². The number of carbonyl (C=O) groups excluding carboxylic acids is 1. The van der Waals surface area contributed by atoms with Crippen molar-refractivity contribution in [1.29, 1.82) is 0 Å². The fourth-order valence-corrected chi connectivity index (χ4v) is 6.95. The van der Waals surface area contributed by atoms with Gasteiger partial charge in [0.25, 0.3) is 5.69 Å². The predicted molar refractivity (Wildman–Crippen MR) is 218 cm³/mol. The summed E-state index contributed by atoms with van der Waals surface area (Å²) in [4.78, 5) is 33.0. The molecule has 0 saturated heterocycles. The zero-order chi connectivity index (χ0) is 37.5. The molecule has 0 bridgehead atoms. The number of hydrogen-bond donors (Lipinski definition) is 2. The number of rotatable bonds is 14. The lowest BCUT2D eigenvalue weighted by molar-refractivity contribution is -0.384. The van der Waals surface area contributed by atoms with Crippen molar-refractivity contribution in [2.45, 2.75) is 45.8 Å². The van der Waals surface area contributed by atoms with Crippen molar-refractivity contribution in [3.8, 4) is 0 Å². The van der Waals surface area contributed by atoms with Gasteiger partial charge in [-0.2, -0.15) is 0 Å². The van der Waals surface area contributed by atoms with Crippen LogP contribution in [0.3, 0.4) is 0 Å². The van der Waals surface area contributed by atoms with Gasteiger partial charge in [-0.05, 0) is 52.2 Å². The fourth-order valence-electron chi connectivity index (χ4n) is 6.70. The molecule has 10 nitrogen and oxygen atoms in total. The van der Waals surface area contributed by atoms with Crippen LogP contribution in [0.15, 0.2) is 116 Å². The summed E-state index contributed by atoms with van der Waals surface area (Å²) in [7, 11) is 4.09. The number of nitro groups is 1. The molecule has 0 spiro atoms. The molecule has 272 valence electrons. The minimum absolute atomic E-state index is 0.0369. The number of fused-ring (bicyclic) bond motifs is 2. The van der Waals surface area contributed by atoms with Gasteiger partial charge in [-0.3, -0.25) is 14.9 Å². The number of thiocarbonyl (C=S) groups is 1. The highest BCUT2D eigenvalue weighted by Gasteiger charge is 2.25. The highest BCUT2D eigenvalue weighted by Crippen LogP contribution is 2.32. The van der Waals surface area contributed by atoms with Crippen LogP contribution < -0.4 is 15.5 Å². The lowest BCUT2D eigenvalue weighted by Gasteiger charge is -2.34. The summed E-state index contributed by atoms with van der Waals surface area (Å²) < 4.78 is 1.90. The molecule has 0 fully saturated rings. The van der Waals surface area contributed by atoms with Crippen molar-refractivity contribution in [1.82, 2.24) is 19.8 Å². The Morgan fingerprint density at radius 3 is 2.34 bits per heavy atom. The van der Waals surface area contributed by atoms with E-state index in [0.29, 0.717) is 24.7 Å². The minimum Gasteiger partial charge on any atom is -0.377 e. The van der Waals surface area contributed by atoms with Gasteiger partial charge >= 0.3 is 0 Å². The van der Waals surface area contributed by atoms with E-state index in [1.54, 1.807) is 24.7 Å². The van der Waals surface area contributed by atoms with Crippen molar-refractivity contribution < 1.29 is 9.72 Å². The number of nitro benzene ring substituents is 1. The molecule has 5 aromatic carbocycles. The van der Waals surface area contributed by atoms with Crippen LogP contribution in [-0.4, -0.2) is 57.1 Å². The first-order valence-corrected chi connectivity index (χ1v) is 18.3. The third-order valence-corrected chi connectivity index (χ3v) is 10.2. The van der Waals surface area contributed by atoms with Crippen molar-refractivity contribution in [3.05, 3.63) is 143 Å². The summed E-state index contributed by atoms with van der Waals surface area (Å²) in [6, 6.07) is 33.4. The van der Waals surface area contributed by atoms with Crippen LogP contribution in [0.4, 0.5) is 17.1 Å². The lowest BCUT2D eigenvalue weighted by atomic mass is 9.97. The number of benzene rings is 5. The van der Waals surface area contributed by atoms with Crippen LogP contribution in [0.25, 0.3) is 21.5 Å². The maximum absolute atomic E-state index is 13.8. The predicted octanol–water partition coefficient (Wildman–Crippen LogP) is 8.18. The van der Waals surface area contributed by atoms with Gasteiger partial charge in [0.2, 0.25) is 5.91 Å². The number of anilines is 2. The maximum Gasteiger partial charge on any atom is 0.269 e. The Bertz CT molecular complexity index is 2230. The molecular formula is C42H45N7O3S. The fraction of sp³-hybridized carbons (Fsp3) is 0.262. The van der Waals surface area contributed by atoms with Crippen LogP contribution in [0, 0.1) is 16.0 Å². The molecular weight excluding hydrogens is 683 g/mol. The molecule has 6 rings (SSSR count). The van der Waals surface area contributed by atoms with E-state index in [9.17, 15) is 14.9 Å². The number of imidazole rings is 1. The van der Waals surface area contributed by atoms with E-state index in [-0.39, 0.29) is 30.0 Å². The SMILES string of the molecule is CC[C@H](C)[C@@H](CN(Cc1cccc2ccccc12)C(=S)Nc1ccc(N(C)C)c2ccccc12)NC(=O)Cc1cncn1Cc1ccc([N+](=O)[O-])cc1. The van der Waals surface area contributed by atoms with E-state index in [2.05, 4.69) is 99.9 Å². The van der Waals surface area contributed by atoms with Gasteiger partial charge in [-0.1, -0.05) is 99.1 Å². The molecule has 1 aromatic heterocycles. The van der Waals surface area contributed by atoms with E-state index in [0.717, 1.165) is 56.2 Å². The van der Waals surface area contributed by atoms with Crippen molar-refractivity contribution in [2.24, 2.45) is 5.92 Å². The van der Waals surface area contributed by atoms with E-state index in [1.165, 1.54) is 12.1 Å². The monoisotopic (exact) mass is 727 g/mol. The summed E-state index contributed by atoms with van der Waals surface area (Å²) in [5.41, 5.74) is 4.85. The van der Waals surface area contributed by atoms with Gasteiger partial charge in [0.1, 0.15) is 0 Å². The number of aromatic nitrogens is 2. The van der Waals surface area contributed by atoms with Crippen LogP contribution in [0.5, 0.6) is 0 Å². The van der Waals surface area contributed by atoms with Crippen LogP contribution in [-0.2, 0) is 24.3 Å². The molecule has 0 aliphatic carbocycles. The number of nitrogens with one attached hydrogen (secondary N) is 2. The number of nitrogens with zero attached hydrogens (tertiary/aromatic N) is 5. The average Bonchev–Trinajstić information content (AvgIpc) is 3.59.